The lowest BCUT2D eigenvalue weighted by Crippen LogP contribution is -2.33. The Morgan fingerprint density at radius 2 is 2.11 bits per heavy atom. The number of hydrogen-bond acceptors (Lipinski definition) is 2. The standard InChI is InChI=1S/C14H18FNO2/c1-14(2)8-7-12(18-14)9-16-13(17)10-3-5-11(15)6-4-10/h3-6,12H,7-9H2,1-2H3,(H,16,17). The molecule has 0 aromatic heterocycles. The van der Waals surface area contributed by atoms with Crippen molar-refractivity contribution in [2.75, 3.05) is 6.54 Å². The molecule has 1 amide bonds. The van der Waals surface area contributed by atoms with Gasteiger partial charge in [-0.3, -0.25) is 4.79 Å². The molecule has 1 aliphatic heterocycles. The molecule has 1 aromatic rings. The molecule has 2 rings (SSSR count). The molecule has 3 nitrogen and oxygen atoms in total. The van der Waals surface area contributed by atoms with Crippen molar-refractivity contribution in [2.45, 2.75) is 38.4 Å². The maximum absolute atomic E-state index is 12.7. The second-order valence-electron chi connectivity index (χ2n) is 5.26. The number of hydrogen-bond donors (Lipinski definition) is 1. The molecule has 1 fully saturated rings. The van der Waals surface area contributed by atoms with Crippen molar-refractivity contribution < 1.29 is 13.9 Å². The minimum absolute atomic E-state index is 0.0735. The summed E-state index contributed by atoms with van der Waals surface area (Å²) >= 11 is 0. The molecule has 1 unspecified atom stereocenters. The Balaban J connectivity index is 1.84. The zero-order valence-corrected chi connectivity index (χ0v) is 10.7. The van der Waals surface area contributed by atoms with Crippen LogP contribution in [0.4, 0.5) is 4.39 Å². The van der Waals surface area contributed by atoms with Crippen molar-refractivity contribution in [1.82, 2.24) is 5.32 Å². The van der Waals surface area contributed by atoms with E-state index in [4.69, 9.17) is 4.74 Å². The summed E-state index contributed by atoms with van der Waals surface area (Å²) in [4.78, 5) is 11.8. The first-order valence-electron chi connectivity index (χ1n) is 6.18. The Hall–Kier alpha value is -1.42. The van der Waals surface area contributed by atoms with Gasteiger partial charge in [0.1, 0.15) is 5.82 Å². The van der Waals surface area contributed by atoms with Crippen LogP contribution >= 0.6 is 0 Å². The lowest BCUT2D eigenvalue weighted by Gasteiger charge is -2.19. The fourth-order valence-corrected chi connectivity index (χ4v) is 2.13. The zero-order chi connectivity index (χ0) is 13.2. The second kappa shape index (κ2) is 5.06. The Morgan fingerprint density at radius 3 is 2.67 bits per heavy atom. The molecule has 1 aromatic carbocycles. The van der Waals surface area contributed by atoms with E-state index >= 15 is 0 Å². The quantitative estimate of drug-likeness (QED) is 0.896. The van der Waals surface area contributed by atoms with Crippen molar-refractivity contribution in [2.24, 2.45) is 0 Å². The van der Waals surface area contributed by atoms with E-state index in [9.17, 15) is 9.18 Å². The van der Waals surface area contributed by atoms with E-state index in [1.165, 1.54) is 24.3 Å². The smallest absolute Gasteiger partial charge is 0.251 e. The van der Waals surface area contributed by atoms with Crippen LogP contribution in [0, 0.1) is 5.82 Å². The van der Waals surface area contributed by atoms with Crippen molar-refractivity contribution >= 4 is 5.91 Å². The van der Waals surface area contributed by atoms with Crippen molar-refractivity contribution in [3.8, 4) is 0 Å². The lowest BCUT2D eigenvalue weighted by atomic mass is 10.1. The Morgan fingerprint density at radius 1 is 1.44 bits per heavy atom. The molecular weight excluding hydrogens is 233 g/mol. The number of ether oxygens (including phenoxy) is 1. The summed E-state index contributed by atoms with van der Waals surface area (Å²) < 4.78 is 18.5. The lowest BCUT2D eigenvalue weighted by molar-refractivity contribution is -0.0138. The summed E-state index contributed by atoms with van der Waals surface area (Å²) in [6.07, 6.45) is 2.03. The molecule has 1 N–H and O–H groups in total. The monoisotopic (exact) mass is 251 g/mol. The average Bonchev–Trinajstić information content (AvgIpc) is 2.67. The third kappa shape index (κ3) is 3.29. The predicted octanol–water partition coefficient (Wildman–Crippen LogP) is 2.51. The topological polar surface area (TPSA) is 38.3 Å². The highest BCUT2D eigenvalue weighted by Gasteiger charge is 2.31. The largest absolute Gasteiger partial charge is 0.371 e. The van der Waals surface area contributed by atoms with E-state index in [0.717, 1.165) is 12.8 Å². The highest BCUT2D eigenvalue weighted by atomic mass is 19.1. The maximum atomic E-state index is 12.7. The number of carbonyl (C=O) groups is 1. The fourth-order valence-electron chi connectivity index (χ4n) is 2.13. The van der Waals surface area contributed by atoms with Crippen molar-refractivity contribution in [1.29, 1.82) is 0 Å². The molecule has 1 atom stereocenters. The molecule has 0 spiro atoms. The molecule has 4 heteroatoms. The van der Waals surface area contributed by atoms with Gasteiger partial charge in [0.15, 0.2) is 0 Å². The SMILES string of the molecule is CC1(C)CCC(CNC(=O)c2ccc(F)cc2)O1. The molecule has 1 saturated heterocycles. The number of nitrogens with one attached hydrogen (secondary N) is 1. The number of carbonyl (C=O) groups excluding carboxylic acids is 1. The van der Waals surface area contributed by atoms with Gasteiger partial charge in [-0.15, -0.1) is 0 Å². The predicted molar refractivity (Wildman–Crippen MR) is 66.9 cm³/mol. The van der Waals surface area contributed by atoms with Crippen molar-refractivity contribution in [3.63, 3.8) is 0 Å². The van der Waals surface area contributed by atoms with E-state index in [2.05, 4.69) is 19.2 Å². The second-order valence-corrected chi connectivity index (χ2v) is 5.26. The molecule has 1 aliphatic rings. The summed E-state index contributed by atoms with van der Waals surface area (Å²) in [5, 5.41) is 2.81. The van der Waals surface area contributed by atoms with E-state index in [1.807, 2.05) is 0 Å². The van der Waals surface area contributed by atoms with Gasteiger partial charge in [0.05, 0.1) is 11.7 Å². The molecule has 1 heterocycles. The van der Waals surface area contributed by atoms with E-state index < -0.39 is 0 Å². The first kappa shape index (κ1) is 13.0. The number of amides is 1. The molecule has 98 valence electrons. The molecule has 0 bridgehead atoms. The highest BCUT2D eigenvalue weighted by Crippen LogP contribution is 2.28. The van der Waals surface area contributed by atoms with Gasteiger partial charge >= 0.3 is 0 Å². The molecular formula is C14H18FNO2. The van der Waals surface area contributed by atoms with Crippen LogP contribution in [0.3, 0.4) is 0 Å². The number of benzene rings is 1. The molecule has 0 aliphatic carbocycles. The van der Waals surface area contributed by atoms with Gasteiger partial charge in [-0.05, 0) is 51.0 Å². The van der Waals surface area contributed by atoms with E-state index in [-0.39, 0.29) is 23.4 Å². The minimum Gasteiger partial charge on any atom is -0.371 e. The molecule has 0 saturated carbocycles. The highest BCUT2D eigenvalue weighted by molar-refractivity contribution is 5.94. The third-order valence-corrected chi connectivity index (χ3v) is 3.15. The van der Waals surface area contributed by atoms with Crippen LogP contribution in [-0.2, 0) is 4.74 Å². The number of halogens is 1. The van der Waals surface area contributed by atoms with Crippen molar-refractivity contribution in [3.05, 3.63) is 35.6 Å². The van der Waals surface area contributed by atoms with Gasteiger partial charge in [-0.1, -0.05) is 0 Å². The summed E-state index contributed by atoms with van der Waals surface area (Å²) in [7, 11) is 0. The normalized spacial score (nSPS) is 21.8. The maximum Gasteiger partial charge on any atom is 0.251 e. The van der Waals surface area contributed by atoms with Crippen LogP contribution in [0.1, 0.15) is 37.0 Å². The summed E-state index contributed by atoms with van der Waals surface area (Å²) in [5.41, 5.74) is 0.374. The van der Waals surface area contributed by atoms with Crippen LogP contribution < -0.4 is 5.32 Å². The summed E-state index contributed by atoms with van der Waals surface area (Å²) in [5.74, 6) is -0.532. The van der Waals surface area contributed by atoms with Gasteiger partial charge in [-0.2, -0.15) is 0 Å². The Bertz CT molecular complexity index is 428. The van der Waals surface area contributed by atoms with Crippen LogP contribution in [-0.4, -0.2) is 24.2 Å². The van der Waals surface area contributed by atoms with Gasteiger partial charge < -0.3 is 10.1 Å². The van der Waals surface area contributed by atoms with Gasteiger partial charge in [-0.25, -0.2) is 4.39 Å². The van der Waals surface area contributed by atoms with E-state index in [1.54, 1.807) is 0 Å². The van der Waals surface area contributed by atoms with Crippen LogP contribution in [0.25, 0.3) is 0 Å². The summed E-state index contributed by atoms with van der Waals surface area (Å²) in [6, 6.07) is 5.52. The van der Waals surface area contributed by atoms with Crippen LogP contribution in [0.15, 0.2) is 24.3 Å². The first-order chi connectivity index (χ1) is 8.46. The first-order valence-corrected chi connectivity index (χ1v) is 6.18. The molecule has 18 heavy (non-hydrogen) atoms. The Labute approximate surface area is 106 Å². The number of rotatable bonds is 3. The van der Waals surface area contributed by atoms with Crippen LogP contribution in [0.2, 0.25) is 0 Å². The van der Waals surface area contributed by atoms with E-state index in [0.29, 0.717) is 12.1 Å². The molecule has 0 radical (unpaired) electrons. The average molecular weight is 251 g/mol. The third-order valence-electron chi connectivity index (χ3n) is 3.15. The fraction of sp³-hybridized carbons (Fsp3) is 0.500. The summed E-state index contributed by atoms with van der Waals surface area (Å²) in [6.45, 7) is 4.60. The zero-order valence-electron chi connectivity index (χ0n) is 10.7. The Kier molecular flexibility index (Phi) is 3.66. The van der Waals surface area contributed by atoms with Crippen LogP contribution in [0.5, 0.6) is 0 Å². The van der Waals surface area contributed by atoms with Gasteiger partial charge in [0.25, 0.3) is 5.91 Å². The van der Waals surface area contributed by atoms with Gasteiger partial charge in [0.2, 0.25) is 0 Å². The minimum atomic E-state index is -0.340. The van der Waals surface area contributed by atoms with Gasteiger partial charge in [0, 0.05) is 12.1 Å².